The van der Waals surface area contributed by atoms with Crippen molar-refractivity contribution in [2.24, 2.45) is 0 Å². The molecule has 3 nitrogen and oxygen atoms in total. The van der Waals surface area contributed by atoms with E-state index in [9.17, 15) is 10.2 Å². The molecule has 0 bridgehead atoms. The van der Waals surface area contributed by atoms with Gasteiger partial charge >= 0.3 is 0 Å². The van der Waals surface area contributed by atoms with Crippen molar-refractivity contribution < 1.29 is 14.9 Å². The lowest BCUT2D eigenvalue weighted by molar-refractivity contribution is 0.289. The van der Waals surface area contributed by atoms with Crippen LogP contribution in [0.3, 0.4) is 0 Å². The van der Waals surface area contributed by atoms with E-state index in [0.29, 0.717) is 12.4 Å². The zero-order valence-corrected chi connectivity index (χ0v) is 8.58. The van der Waals surface area contributed by atoms with E-state index in [2.05, 4.69) is 0 Å². The molecule has 0 aliphatic carbocycles. The fraction of sp³-hybridized carbons (Fsp3) is 0.455. The van der Waals surface area contributed by atoms with Crippen LogP contribution < -0.4 is 4.74 Å². The van der Waals surface area contributed by atoms with E-state index < -0.39 is 0 Å². The molecule has 0 heterocycles. The van der Waals surface area contributed by atoms with Crippen molar-refractivity contribution in [3.05, 3.63) is 17.7 Å². The molecule has 0 saturated heterocycles. The van der Waals surface area contributed by atoms with Gasteiger partial charge in [0.05, 0.1) is 6.61 Å². The van der Waals surface area contributed by atoms with Gasteiger partial charge in [-0.3, -0.25) is 0 Å². The number of phenolic OH excluding ortho intramolecular Hbond substituents is 2. The van der Waals surface area contributed by atoms with Crippen LogP contribution in [0.15, 0.2) is 12.1 Å². The number of hydrogen-bond acceptors (Lipinski definition) is 3. The first-order valence-electron chi connectivity index (χ1n) is 4.87. The summed E-state index contributed by atoms with van der Waals surface area (Å²) in [4.78, 5) is 0. The Balaban J connectivity index is 3.01. The number of benzene rings is 1. The van der Waals surface area contributed by atoms with E-state index in [-0.39, 0.29) is 11.5 Å². The monoisotopic (exact) mass is 196 g/mol. The van der Waals surface area contributed by atoms with Gasteiger partial charge in [0.1, 0.15) is 0 Å². The topological polar surface area (TPSA) is 49.7 Å². The minimum atomic E-state index is -0.155. The second-order valence-corrected chi connectivity index (χ2v) is 3.12. The zero-order valence-electron chi connectivity index (χ0n) is 8.58. The highest BCUT2D eigenvalue weighted by molar-refractivity contribution is 5.54. The quantitative estimate of drug-likeness (QED) is 0.727. The maximum absolute atomic E-state index is 9.56. The lowest BCUT2D eigenvalue weighted by Gasteiger charge is -2.12. The summed E-state index contributed by atoms with van der Waals surface area (Å²) in [5.74, 6) is 0.125. The molecule has 3 heteroatoms. The Hall–Kier alpha value is -1.38. The molecule has 78 valence electrons. The van der Waals surface area contributed by atoms with Gasteiger partial charge in [0.2, 0.25) is 5.75 Å². The van der Waals surface area contributed by atoms with Crippen molar-refractivity contribution in [2.75, 3.05) is 6.61 Å². The predicted octanol–water partition coefficient (Wildman–Crippen LogP) is 2.45. The van der Waals surface area contributed by atoms with Crippen molar-refractivity contribution in [1.82, 2.24) is 0 Å². The van der Waals surface area contributed by atoms with Crippen LogP contribution in [0.4, 0.5) is 0 Å². The van der Waals surface area contributed by atoms with Crippen LogP contribution in [-0.4, -0.2) is 16.8 Å². The number of phenols is 2. The minimum absolute atomic E-state index is 0.131. The molecule has 0 aromatic heterocycles. The molecule has 0 aliphatic rings. The van der Waals surface area contributed by atoms with Gasteiger partial charge in [-0.2, -0.15) is 0 Å². The summed E-state index contributed by atoms with van der Waals surface area (Å²) in [5, 5.41) is 18.9. The van der Waals surface area contributed by atoms with Crippen LogP contribution in [0.1, 0.15) is 25.8 Å². The Morgan fingerprint density at radius 3 is 2.50 bits per heavy atom. The highest BCUT2D eigenvalue weighted by atomic mass is 16.5. The van der Waals surface area contributed by atoms with E-state index >= 15 is 0 Å². The fourth-order valence-electron chi connectivity index (χ4n) is 1.25. The van der Waals surface area contributed by atoms with Crippen LogP contribution >= 0.6 is 0 Å². The zero-order chi connectivity index (χ0) is 10.6. The van der Waals surface area contributed by atoms with Gasteiger partial charge in [0, 0.05) is 0 Å². The number of aromatic hydroxyl groups is 2. The van der Waals surface area contributed by atoms with Gasteiger partial charge in [0.15, 0.2) is 11.5 Å². The highest BCUT2D eigenvalue weighted by Gasteiger charge is 2.11. The molecule has 0 fully saturated rings. The molecular formula is C11H16O3. The summed E-state index contributed by atoms with van der Waals surface area (Å²) < 4.78 is 5.38. The second-order valence-electron chi connectivity index (χ2n) is 3.12. The third kappa shape index (κ3) is 2.10. The lowest BCUT2D eigenvalue weighted by atomic mass is 10.1. The average molecular weight is 196 g/mol. The SMILES string of the molecule is CCCOc1c(CC)ccc(O)c1O. The first-order valence-corrected chi connectivity index (χ1v) is 4.87. The molecule has 14 heavy (non-hydrogen) atoms. The number of ether oxygens (including phenoxy) is 1. The normalized spacial score (nSPS) is 10.1. The van der Waals surface area contributed by atoms with Gasteiger partial charge in [-0.05, 0) is 24.5 Å². The van der Waals surface area contributed by atoms with Crippen LogP contribution in [-0.2, 0) is 6.42 Å². The molecule has 0 saturated carbocycles. The van der Waals surface area contributed by atoms with E-state index in [0.717, 1.165) is 18.4 Å². The van der Waals surface area contributed by atoms with Gasteiger partial charge in [-0.1, -0.05) is 19.9 Å². The molecule has 0 aliphatic heterocycles. The van der Waals surface area contributed by atoms with Crippen molar-refractivity contribution in [3.8, 4) is 17.2 Å². The third-order valence-corrected chi connectivity index (χ3v) is 2.02. The fourth-order valence-corrected chi connectivity index (χ4v) is 1.25. The van der Waals surface area contributed by atoms with Crippen molar-refractivity contribution in [2.45, 2.75) is 26.7 Å². The first kappa shape index (κ1) is 10.7. The van der Waals surface area contributed by atoms with E-state index in [1.807, 2.05) is 13.8 Å². The molecule has 0 spiro atoms. The summed E-state index contributed by atoms with van der Waals surface area (Å²) in [6, 6.07) is 3.24. The molecule has 2 N–H and O–H groups in total. The number of hydrogen-bond donors (Lipinski definition) is 2. The van der Waals surface area contributed by atoms with E-state index in [1.54, 1.807) is 6.07 Å². The van der Waals surface area contributed by atoms with Crippen LogP contribution in [0.2, 0.25) is 0 Å². The molecular weight excluding hydrogens is 180 g/mol. The molecule has 0 unspecified atom stereocenters. The Kier molecular flexibility index (Phi) is 3.63. The van der Waals surface area contributed by atoms with Crippen molar-refractivity contribution in [3.63, 3.8) is 0 Å². The largest absolute Gasteiger partial charge is 0.504 e. The maximum atomic E-state index is 9.56. The smallest absolute Gasteiger partial charge is 0.200 e. The summed E-state index contributed by atoms with van der Waals surface area (Å²) in [6.45, 7) is 4.51. The van der Waals surface area contributed by atoms with Crippen LogP contribution in [0.25, 0.3) is 0 Å². The van der Waals surface area contributed by atoms with E-state index in [1.165, 1.54) is 6.07 Å². The molecule has 0 radical (unpaired) electrons. The maximum Gasteiger partial charge on any atom is 0.200 e. The van der Waals surface area contributed by atoms with Gasteiger partial charge in [0.25, 0.3) is 0 Å². The summed E-state index contributed by atoms with van der Waals surface area (Å²) in [5.41, 5.74) is 0.911. The summed E-state index contributed by atoms with van der Waals surface area (Å²) >= 11 is 0. The third-order valence-electron chi connectivity index (χ3n) is 2.02. The van der Waals surface area contributed by atoms with Crippen molar-refractivity contribution >= 4 is 0 Å². The molecule has 1 aromatic rings. The minimum Gasteiger partial charge on any atom is -0.504 e. The van der Waals surface area contributed by atoms with Gasteiger partial charge in [-0.25, -0.2) is 0 Å². The second kappa shape index (κ2) is 4.74. The molecule has 1 aromatic carbocycles. The highest BCUT2D eigenvalue weighted by Crippen LogP contribution is 2.38. The Bertz CT molecular complexity index is 308. The predicted molar refractivity (Wildman–Crippen MR) is 54.9 cm³/mol. The summed E-state index contributed by atoms with van der Waals surface area (Å²) in [7, 11) is 0. The van der Waals surface area contributed by atoms with Crippen LogP contribution in [0, 0.1) is 0 Å². The van der Waals surface area contributed by atoms with Crippen molar-refractivity contribution in [1.29, 1.82) is 0 Å². The van der Waals surface area contributed by atoms with Gasteiger partial charge in [-0.15, -0.1) is 0 Å². The summed E-state index contributed by atoms with van der Waals surface area (Å²) in [6.07, 6.45) is 1.64. The molecule has 0 amide bonds. The Morgan fingerprint density at radius 2 is 1.93 bits per heavy atom. The Morgan fingerprint density at radius 1 is 1.21 bits per heavy atom. The standard InChI is InChI=1S/C11H16O3/c1-3-7-14-11-8(4-2)5-6-9(12)10(11)13/h5-6,12-13H,3-4,7H2,1-2H3. The lowest BCUT2D eigenvalue weighted by Crippen LogP contribution is -1.98. The van der Waals surface area contributed by atoms with Crippen LogP contribution in [0.5, 0.6) is 17.2 Å². The Labute approximate surface area is 84.0 Å². The first-order chi connectivity index (χ1) is 6.70. The molecule has 1 rings (SSSR count). The average Bonchev–Trinajstić information content (AvgIpc) is 2.20. The molecule has 0 atom stereocenters. The van der Waals surface area contributed by atoms with Gasteiger partial charge < -0.3 is 14.9 Å². The number of rotatable bonds is 4. The number of aryl methyl sites for hydroxylation is 1. The van der Waals surface area contributed by atoms with E-state index in [4.69, 9.17) is 4.74 Å².